The topological polar surface area (TPSA) is 76.1 Å². The largest absolute Gasteiger partial charge is 0.495 e. The predicted molar refractivity (Wildman–Crippen MR) is 121 cm³/mol. The average molecular weight is 438 g/mol. The maximum atomic E-state index is 13.0. The van der Waals surface area contributed by atoms with Crippen LogP contribution in [0.1, 0.15) is 10.4 Å². The summed E-state index contributed by atoms with van der Waals surface area (Å²) in [5.74, 6) is 0.173. The molecule has 0 aliphatic heterocycles. The van der Waals surface area contributed by atoms with E-state index in [1.54, 1.807) is 48.5 Å². The zero-order valence-electron chi connectivity index (χ0n) is 15.8. The quantitative estimate of drug-likeness (QED) is 0.442. The van der Waals surface area contributed by atoms with Crippen molar-refractivity contribution in [3.8, 4) is 11.4 Å². The molecule has 0 aliphatic carbocycles. The van der Waals surface area contributed by atoms with Crippen LogP contribution >= 0.6 is 23.8 Å². The van der Waals surface area contributed by atoms with Crippen LogP contribution < -0.4 is 15.6 Å². The number of benzene rings is 3. The molecule has 0 fully saturated rings. The van der Waals surface area contributed by atoms with E-state index < -0.39 is 0 Å². The monoisotopic (exact) mass is 437 g/mol. The molecule has 4 rings (SSSR count). The van der Waals surface area contributed by atoms with Crippen molar-refractivity contribution in [2.45, 2.75) is 0 Å². The summed E-state index contributed by atoms with van der Waals surface area (Å²) < 4.78 is 6.79. The molecule has 150 valence electrons. The summed E-state index contributed by atoms with van der Waals surface area (Å²) in [6.45, 7) is 0. The highest BCUT2D eigenvalue weighted by Crippen LogP contribution is 2.27. The fraction of sp³-hybridized carbons (Fsp3) is 0.0455. The molecule has 2 N–H and O–H groups in total. The number of nitrogens with zero attached hydrogens (tertiary/aromatic N) is 1. The number of hydrogen-bond donors (Lipinski definition) is 2. The molecule has 0 bridgehead atoms. The molecule has 0 radical (unpaired) electrons. The van der Waals surface area contributed by atoms with Gasteiger partial charge in [-0.2, -0.15) is 0 Å². The molecular weight excluding hydrogens is 422 g/mol. The minimum absolute atomic E-state index is 0.248. The zero-order valence-corrected chi connectivity index (χ0v) is 17.4. The lowest BCUT2D eigenvalue weighted by molar-refractivity contribution is 0.102. The lowest BCUT2D eigenvalue weighted by Crippen LogP contribution is -2.21. The second-order valence-corrected chi connectivity index (χ2v) is 7.26. The molecule has 0 saturated carbocycles. The highest BCUT2D eigenvalue weighted by molar-refractivity contribution is 7.71. The number of carbonyl (C=O) groups excluding carboxylic acids is 1. The number of aromatic amines is 1. The number of para-hydroxylation sites is 1. The minimum Gasteiger partial charge on any atom is -0.495 e. The van der Waals surface area contributed by atoms with Gasteiger partial charge in [-0.05, 0) is 60.7 Å². The molecule has 0 aliphatic rings. The Morgan fingerprint density at radius 2 is 1.87 bits per heavy atom. The van der Waals surface area contributed by atoms with Gasteiger partial charge in [0.25, 0.3) is 11.5 Å². The molecule has 0 saturated heterocycles. The van der Waals surface area contributed by atoms with Crippen molar-refractivity contribution in [1.82, 2.24) is 9.55 Å². The van der Waals surface area contributed by atoms with Gasteiger partial charge in [-0.25, -0.2) is 0 Å². The van der Waals surface area contributed by atoms with Crippen molar-refractivity contribution < 1.29 is 9.53 Å². The summed E-state index contributed by atoms with van der Waals surface area (Å²) in [4.78, 5) is 28.7. The molecule has 3 aromatic carbocycles. The van der Waals surface area contributed by atoms with Crippen LogP contribution in [0.3, 0.4) is 0 Å². The summed E-state index contributed by atoms with van der Waals surface area (Å²) in [5.41, 5.74) is 1.80. The van der Waals surface area contributed by atoms with Crippen molar-refractivity contribution in [3.63, 3.8) is 0 Å². The molecule has 4 aromatic rings. The number of fused-ring (bicyclic) bond motifs is 1. The summed E-state index contributed by atoms with van der Waals surface area (Å²) >= 11 is 11.5. The van der Waals surface area contributed by atoms with Crippen LogP contribution in [0.4, 0.5) is 5.69 Å². The van der Waals surface area contributed by atoms with Gasteiger partial charge in [0.1, 0.15) is 5.75 Å². The van der Waals surface area contributed by atoms with Crippen molar-refractivity contribution >= 4 is 46.3 Å². The number of methoxy groups -OCH3 is 1. The standard InChI is InChI=1S/C22H16ClN3O3S/c1-29-19-10-8-14(12-17(19)23)24-20(27)13-7-9-16-18(11-13)25-22(30)26(21(16)28)15-5-3-2-4-6-15/h2-12H,1H3,(H,24,27)(H,25,30). The predicted octanol–water partition coefficient (Wildman–Crippen LogP) is 4.96. The summed E-state index contributed by atoms with van der Waals surface area (Å²) in [5, 5.41) is 3.59. The van der Waals surface area contributed by atoms with Gasteiger partial charge in [0.05, 0.1) is 28.7 Å². The number of H-pyrrole nitrogens is 1. The number of amides is 1. The molecule has 30 heavy (non-hydrogen) atoms. The molecule has 0 unspecified atom stereocenters. The van der Waals surface area contributed by atoms with Crippen molar-refractivity contribution in [2.75, 3.05) is 12.4 Å². The Balaban J connectivity index is 1.70. The third kappa shape index (κ3) is 3.72. The maximum Gasteiger partial charge on any atom is 0.266 e. The molecule has 0 atom stereocenters. The molecular formula is C22H16ClN3O3S. The van der Waals surface area contributed by atoms with E-state index in [2.05, 4.69) is 10.3 Å². The van der Waals surface area contributed by atoms with Crippen LogP contribution in [0.15, 0.2) is 71.5 Å². The van der Waals surface area contributed by atoms with E-state index in [9.17, 15) is 9.59 Å². The van der Waals surface area contributed by atoms with E-state index in [1.807, 2.05) is 18.2 Å². The number of rotatable bonds is 4. The van der Waals surface area contributed by atoms with Crippen molar-refractivity contribution in [1.29, 1.82) is 0 Å². The molecule has 1 aromatic heterocycles. The van der Waals surface area contributed by atoms with Crippen molar-refractivity contribution in [2.24, 2.45) is 0 Å². The van der Waals surface area contributed by atoms with Gasteiger partial charge < -0.3 is 15.0 Å². The van der Waals surface area contributed by atoms with Crippen LogP contribution in [0.25, 0.3) is 16.6 Å². The maximum absolute atomic E-state index is 13.0. The molecule has 1 heterocycles. The van der Waals surface area contributed by atoms with Crippen LogP contribution in [-0.2, 0) is 0 Å². The Kier molecular flexibility index (Phi) is 5.39. The number of carbonyl (C=O) groups is 1. The lowest BCUT2D eigenvalue weighted by Gasteiger charge is -2.10. The Labute approximate surface area is 181 Å². The number of nitrogens with one attached hydrogen (secondary N) is 2. The number of ether oxygens (including phenoxy) is 1. The van der Waals surface area contributed by atoms with Crippen LogP contribution in [-0.4, -0.2) is 22.6 Å². The second kappa shape index (κ2) is 8.14. The molecule has 1 amide bonds. The van der Waals surface area contributed by atoms with Gasteiger partial charge in [0, 0.05) is 11.3 Å². The second-order valence-electron chi connectivity index (χ2n) is 6.47. The third-order valence-corrected chi connectivity index (χ3v) is 5.16. The van der Waals surface area contributed by atoms with E-state index in [0.717, 1.165) is 0 Å². The van der Waals surface area contributed by atoms with Crippen molar-refractivity contribution in [3.05, 3.63) is 92.4 Å². The summed E-state index contributed by atoms with van der Waals surface area (Å²) in [7, 11) is 1.52. The Morgan fingerprint density at radius 3 is 2.57 bits per heavy atom. The number of anilines is 1. The number of aromatic nitrogens is 2. The normalized spacial score (nSPS) is 10.7. The van der Waals surface area contributed by atoms with Gasteiger partial charge in [-0.3, -0.25) is 14.2 Å². The fourth-order valence-electron chi connectivity index (χ4n) is 3.12. The first kappa shape index (κ1) is 19.9. The first-order chi connectivity index (χ1) is 14.5. The lowest BCUT2D eigenvalue weighted by atomic mass is 10.1. The first-order valence-electron chi connectivity index (χ1n) is 8.97. The Morgan fingerprint density at radius 1 is 1.10 bits per heavy atom. The third-order valence-electron chi connectivity index (χ3n) is 4.58. The van der Waals surface area contributed by atoms with Crippen LogP contribution in [0, 0.1) is 4.77 Å². The smallest absolute Gasteiger partial charge is 0.266 e. The van der Waals surface area contributed by atoms with Gasteiger partial charge >= 0.3 is 0 Å². The Bertz CT molecular complexity index is 1380. The highest BCUT2D eigenvalue weighted by atomic mass is 35.5. The van der Waals surface area contributed by atoms with E-state index >= 15 is 0 Å². The van der Waals surface area contributed by atoms with E-state index in [0.29, 0.717) is 38.6 Å². The van der Waals surface area contributed by atoms with Crippen LogP contribution in [0.5, 0.6) is 5.75 Å². The molecule has 0 spiro atoms. The number of halogens is 1. The average Bonchev–Trinajstić information content (AvgIpc) is 2.74. The van der Waals surface area contributed by atoms with E-state index in [-0.39, 0.29) is 16.2 Å². The number of hydrogen-bond acceptors (Lipinski definition) is 4. The summed E-state index contributed by atoms with van der Waals surface area (Å²) in [6.07, 6.45) is 0. The van der Waals surface area contributed by atoms with Crippen LogP contribution in [0.2, 0.25) is 5.02 Å². The zero-order chi connectivity index (χ0) is 21.3. The minimum atomic E-state index is -0.343. The Hall–Kier alpha value is -3.42. The highest BCUT2D eigenvalue weighted by Gasteiger charge is 2.12. The SMILES string of the molecule is COc1ccc(NC(=O)c2ccc3c(=O)n(-c4ccccc4)c(=S)[nH]c3c2)cc1Cl. The summed E-state index contributed by atoms with van der Waals surface area (Å²) in [6, 6.07) is 18.9. The van der Waals surface area contributed by atoms with E-state index in [1.165, 1.54) is 11.7 Å². The van der Waals surface area contributed by atoms with Gasteiger partial charge in [0.15, 0.2) is 4.77 Å². The molecule has 8 heteroatoms. The fourth-order valence-corrected chi connectivity index (χ4v) is 3.67. The van der Waals surface area contributed by atoms with Gasteiger partial charge in [0.2, 0.25) is 0 Å². The van der Waals surface area contributed by atoms with E-state index in [4.69, 9.17) is 28.6 Å². The van der Waals surface area contributed by atoms with Gasteiger partial charge in [-0.15, -0.1) is 0 Å². The first-order valence-corrected chi connectivity index (χ1v) is 9.76. The van der Waals surface area contributed by atoms with Gasteiger partial charge in [-0.1, -0.05) is 29.8 Å². The molecule has 6 nitrogen and oxygen atoms in total.